The molecule has 0 atom stereocenters. The van der Waals surface area contributed by atoms with Gasteiger partial charge in [0.05, 0.1) is 23.1 Å². The van der Waals surface area contributed by atoms with E-state index in [4.69, 9.17) is 10.5 Å². The maximum Gasteiger partial charge on any atom is 0.253 e. The molecule has 5 heteroatoms. The number of carbonyl (C=O) groups excluding carboxylic acids is 1. The molecule has 1 heterocycles. The maximum atomic E-state index is 11.9. The Hall–Kier alpha value is -1.62. The fourth-order valence-electron chi connectivity index (χ4n) is 1.57. The molecule has 1 aromatic heterocycles. The second-order valence-electron chi connectivity index (χ2n) is 4.98. The van der Waals surface area contributed by atoms with Crippen LogP contribution in [0.5, 0.6) is 0 Å². The van der Waals surface area contributed by atoms with Gasteiger partial charge in [-0.15, -0.1) is 0 Å². The second kappa shape index (κ2) is 7.74. The largest absolute Gasteiger partial charge is 0.397 e. The average Bonchev–Trinajstić information content (AvgIpc) is 2.36. The van der Waals surface area contributed by atoms with E-state index < -0.39 is 0 Å². The van der Waals surface area contributed by atoms with E-state index in [9.17, 15) is 4.79 Å². The molecule has 0 radical (unpaired) electrons. The van der Waals surface area contributed by atoms with Crippen LogP contribution in [-0.2, 0) is 4.74 Å². The predicted molar refractivity (Wildman–Crippen MR) is 76.0 cm³/mol. The molecule has 0 aliphatic rings. The molecule has 0 saturated carbocycles. The lowest BCUT2D eigenvalue weighted by molar-refractivity contribution is 0.0924. The van der Waals surface area contributed by atoms with E-state index in [0.717, 1.165) is 13.0 Å². The number of nitrogens with zero attached hydrogens (tertiary/aromatic N) is 1. The molecule has 0 aliphatic heterocycles. The highest BCUT2D eigenvalue weighted by Crippen LogP contribution is 2.09. The van der Waals surface area contributed by atoms with Crippen molar-refractivity contribution in [3.05, 3.63) is 23.5 Å². The van der Waals surface area contributed by atoms with Crippen LogP contribution < -0.4 is 11.1 Å². The standard InChI is InChI=1S/C14H23N3O2/c1-10(2)9-19-6-4-5-16-14(18)13-7-12(15)8-17-11(13)3/h7-8,10H,4-6,9,15H2,1-3H3,(H,16,18). The van der Waals surface area contributed by atoms with E-state index in [-0.39, 0.29) is 5.91 Å². The Kier molecular flexibility index (Phi) is 6.29. The van der Waals surface area contributed by atoms with Gasteiger partial charge < -0.3 is 15.8 Å². The number of carbonyl (C=O) groups is 1. The van der Waals surface area contributed by atoms with Crippen LogP contribution in [0, 0.1) is 12.8 Å². The lowest BCUT2D eigenvalue weighted by Gasteiger charge is -2.09. The zero-order chi connectivity index (χ0) is 14.3. The number of ether oxygens (including phenoxy) is 1. The lowest BCUT2D eigenvalue weighted by atomic mass is 10.2. The molecule has 0 fully saturated rings. The van der Waals surface area contributed by atoms with E-state index >= 15 is 0 Å². The second-order valence-corrected chi connectivity index (χ2v) is 4.98. The zero-order valence-electron chi connectivity index (χ0n) is 11.9. The van der Waals surface area contributed by atoms with Crippen molar-refractivity contribution in [2.24, 2.45) is 5.92 Å². The normalized spacial score (nSPS) is 10.7. The smallest absolute Gasteiger partial charge is 0.253 e. The SMILES string of the molecule is Cc1ncc(N)cc1C(=O)NCCCOCC(C)C. The minimum atomic E-state index is -0.138. The molecule has 19 heavy (non-hydrogen) atoms. The summed E-state index contributed by atoms with van der Waals surface area (Å²) < 4.78 is 5.44. The number of amides is 1. The molecule has 0 aromatic carbocycles. The molecule has 0 aliphatic carbocycles. The molecule has 0 bridgehead atoms. The molecule has 1 rings (SSSR count). The van der Waals surface area contributed by atoms with Crippen molar-refractivity contribution in [2.45, 2.75) is 27.2 Å². The van der Waals surface area contributed by atoms with Crippen molar-refractivity contribution in [3.63, 3.8) is 0 Å². The zero-order valence-corrected chi connectivity index (χ0v) is 11.9. The molecule has 3 N–H and O–H groups in total. The van der Waals surface area contributed by atoms with E-state index in [1.165, 1.54) is 0 Å². The van der Waals surface area contributed by atoms with Crippen molar-refractivity contribution < 1.29 is 9.53 Å². The first-order chi connectivity index (χ1) is 9.00. The van der Waals surface area contributed by atoms with E-state index in [1.807, 2.05) is 0 Å². The van der Waals surface area contributed by atoms with Crippen molar-refractivity contribution in [1.82, 2.24) is 10.3 Å². The van der Waals surface area contributed by atoms with Gasteiger partial charge in [0.1, 0.15) is 0 Å². The van der Waals surface area contributed by atoms with Gasteiger partial charge in [-0.3, -0.25) is 9.78 Å². The third-order valence-electron chi connectivity index (χ3n) is 2.55. The van der Waals surface area contributed by atoms with Crippen molar-refractivity contribution in [2.75, 3.05) is 25.5 Å². The van der Waals surface area contributed by atoms with Gasteiger partial charge in [0.25, 0.3) is 5.91 Å². The Morgan fingerprint density at radius 2 is 2.26 bits per heavy atom. The summed E-state index contributed by atoms with van der Waals surface area (Å²) in [6.07, 6.45) is 2.35. The number of nitrogen functional groups attached to an aromatic ring is 1. The first-order valence-corrected chi connectivity index (χ1v) is 6.58. The van der Waals surface area contributed by atoms with Gasteiger partial charge >= 0.3 is 0 Å². The summed E-state index contributed by atoms with van der Waals surface area (Å²) >= 11 is 0. The topological polar surface area (TPSA) is 77.2 Å². The maximum absolute atomic E-state index is 11.9. The van der Waals surface area contributed by atoms with Crippen molar-refractivity contribution in [3.8, 4) is 0 Å². The third-order valence-corrected chi connectivity index (χ3v) is 2.55. The van der Waals surface area contributed by atoms with Crippen LogP contribution in [0.15, 0.2) is 12.3 Å². The number of nitrogens with two attached hydrogens (primary N) is 1. The number of rotatable bonds is 7. The van der Waals surface area contributed by atoms with Gasteiger partial charge in [-0.1, -0.05) is 13.8 Å². The van der Waals surface area contributed by atoms with E-state index in [2.05, 4.69) is 24.1 Å². The molecule has 0 spiro atoms. The van der Waals surface area contributed by atoms with Crippen LogP contribution in [0.1, 0.15) is 36.3 Å². The van der Waals surface area contributed by atoms with Crippen molar-refractivity contribution in [1.29, 1.82) is 0 Å². The minimum Gasteiger partial charge on any atom is -0.397 e. The van der Waals surface area contributed by atoms with Crippen LogP contribution in [0.25, 0.3) is 0 Å². The highest BCUT2D eigenvalue weighted by Gasteiger charge is 2.09. The number of anilines is 1. The molecule has 1 amide bonds. The Morgan fingerprint density at radius 3 is 2.95 bits per heavy atom. The van der Waals surface area contributed by atoms with Crippen LogP contribution in [0.3, 0.4) is 0 Å². The summed E-state index contributed by atoms with van der Waals surface area (Å²) in [6.45, 7) is 8.01. The van der Waals surface area contributed by atoms with Gasteiger partial charge in [-0.25, -0.2) is 0 Å². The lowest BCUT2D eigenvalue weighted by Crippen LogP contribution is -2.26. The van der Waals surface area contributed by atoms with Gasteiger partial charge in [0, 0.05) is 19.8 Å². The summed E-state index contributed by atoms with van der Waals surface area (Å²) in [5.41, 5.74) is 7.34. The Bertz CT molecular complexity index is 419. The molecule has 1 aromatic rings. The monoisotopic (exact) mass is 265 g/mol. The third kappa shape index (κ3) is 5.70. The first kappa shape index (κ1) is 15.4. The molecule has 0 unspecified atom stereocenters. The van der Waals surface area contributed by atoms with Gasteiger partial charge in [0.2, 0.25) is 0 Å². The van der Waals surface area contributed by atoms with Crippen LogP contribution in [-0.4, -0.2) is 30.6 Å². The summed E-state index contributed by atoms with van der Waals surface area (Å²) in [6, 6.07) is 1.65. The van der Waals surface area contributed by atoms with Crippen molar-refractivity contribution >= 4 is 11.6 Å². The summed E-state index contributed by atoms with van der Waals surface area (Å²) in [7, 11) is 0. The summed E-state index contributed by atoms with van der Waals surface area (Å²) in [4.78, 5) is 16.0. The summed E-state index contributed by atoms with van der Waals surface area (Å²) in [5, 5.41) is 2.84. The predicted octanol–water partition coefficient (Wildman–Crippen LogP) is 1.76. The van der Waals surface area contributed by atoms with Gasteiger partial charge in [-0.2, -0.15) is 0 Å². The summed E-state index contributed by atoms with van der Waals surface area (Å²) in [5.74, 6) is 0.400. The fourth-order valence-corrected chi connectivity index (χ4v) is 1.57. The number of aryl methyl sites for hydroxylation is 1. The fraction of sp³-hybridized carbons (Fsp3) is 0.571. The molecule has 5 nitrogen and oxygen atoms in total. The Balaban J connectivity index is 2.29. The Labute approximate surface area is 114 Å². The van der Waals surface area contributed by atoms with Gasteiger partial charge in [-0.05, 0) is 25.3 Å². The number of aromatic nitrogens is 1. The molecule has 0 saturated heterocycles. The molecule has 106 valence electrons. The molecular formula is C14H23N3O2. The minimum absolute atomic E-state index is 0.138. The highest BCUT2D eigenvalue weighted by atomic mass is 16.5. The van der Waals surface area contributed by atoms with E-state index in [0.29, 0.717) is 36.0 Å². The quantitative estimate of drug-likeness (QED) is 0.736. The first-order valence-electron chi connectivity index (χ1n) is 6.58. The number of hydrogen-bond donors (Lipinski definition) is 2. The van der Waals surface area contributed by atoms with Crippen LogP contribution >= 0.6 is 0 Å². The Morgan fingerprint density at radius 1 is 1.53 bits per heavy atom. The van der Waals surface area contributed by atoms with Gasteiger partial charge in [0.15, 0.2) is 0 Å². The number of nitrogens with one attached hydrogen (secondary N) is 1. The number of hydrogen-bond acceptors (Lipinski definition) is 4. The highest BCUT2D eigenvalue weighted by molar-refractivity contribution is 5.95. The molecular weight excluding hydrogens is 242 g/mol. The van der Waals surface area contributed by atoms with Crippen LogP contribution in [0.2, 0.25) is 0 Å². The van der Waals surface area contributed by atoms with Crippen LogP contribution in [0.4, 0.5) is 5.69 Å². The number of pyridine rings is 1. The average molecular weight is 265 g/mol. The van der Waals surface area contributed by atoms with E-state index in [1.54, 1.807) is 19.2 Å².